The zero-order chi connectivity index (χ0) is 32.3. The molecule has 0 fully saturated rings. The fourth-order valence-electron chi connectivity index (χ4n) is 8.41. The van der Waals surface area contributed by atoms with E-state index in [4.69, 9.17) is 0 Å². The van der Waals surface area contributed by atoms with Gasteiger partial charge in [0.05, 0.1) is 22.8 Å². The highest BCUT2D eigenvalue weighted by Crippen LogP contribution is 2.50. The standard InChI is InChI=1S/C46H35N3/c1-2-15-35(16-3-1)48-45-24-9-6-21-40(45)41-31-34(26-27-46(41)48)42-25-12-28-47(42)36-17-10-13-32(29-36)33-14-11-18-37(30-33)49-43-22-7-4-19-38(43)39-20-5-8-23-44(39)49/h1-5,7-20,22-31,40,45H,6,21H2. The van der Waals surface area contributed by atoms with E-state index in [1.165, 1.54) is 73.2 Å². The van der Waals surface area contributed by atoms with E-state index in [-0.39, 0.29) is 0 Å². The van der Waals surface area contributed by atoms with Gasteiger partial charge in [-0.05, 0) is 108 Å². The Labute approximate surface area is 286 Å². The summed E-state index contributed by atoms with van der Waals surface area (Å²) < 4.78 is 4.73. The second-order valence-electron chi connectivity index (χ2n) is 13.3. The number of aromatic nitrogens is 2. The predicted octanol–water partition coefficient (Wildman–Crippen LogP) is 11.9. The van der Waals surface area contributed by atoms with E-state index >= 15 is 0 Å². The van der Waals surface area contributed by atoms with Crippen LogP contribution in [0.15, 0.2) is 176 Å². The molecule has 49 heavy (non-hydrogen) atoms. The Morgan fingerprint density at radius 3 is 1.96 bits per heavy atom. The van der Waals surface area contributed by atoms with Gasteiger partial charge in [-0.1, -0.05) is 97.1 Å². The largest absolute Gasteiger partial charge is 0.334 e. The van der Waals surface area contributed by atoms with Gasteiger partial charge in [-0.2, -0.15) is 0 Å². The highest BCUT2D eigenvalue weighted by Gasteiger charge is 2.38. The summed E-state index contributed by atoms with van der Waals surface area (Å²) in [5.41, 5.74) is 13.7. The van der Waals surface area contributed by atoms with Crippen LogP contribution in [-0.2, 0) is 0 Å². The van der Waals surface area contributed by atoms with Crippen LogP contribution in [0.1, 0.15) is 24.3 Å². The zero-order valence-corrected chi connectivity index (χ0v) is 27.2. The molecule has 3 heterocycles. The van der Waals surface area contributed by atoms with Gasteiger partial charge in [0, 0.05) is 45.6 Å². The lowest BCUT2D eigenvalue weighted by Crippen LogP contribution is -2.29. The zero-order valence-electron chi connectivity index (χ0n) is 27.2. The Kier molecular flexibility index (Phi) is 6.45. The van der Waals surface area contributed by atoms with Crippen LogP contribution < -0.4 is 4.90 Å². The maximum atomic E-state index is 2.54. The van der Waals surface area contributed by atoms with E-state index in [1.807, 2.05) is 0 Å². The second-order valence-corrected chi connectivity index (χ2v) is 13.3. The van der Waals surface area contributed by atoms with Crippen molar-refractivity contribution in [2.24, 2.45) is 0 Å². The molecule has 10 rings (SSSR count). The molecule has 6 aromatic carbocycles. The summed E-state index contributed by atoms with van der Waals surface area (Å²) in [7, 11) is 0. The normalized spacial score (nSPS) is 16.7. The molecule has 0 N–H and O–H groups in total. The molecule has 0 spiro atoms. The summed E-state index contributed by atoms with van der Waals surface area (Å²) in [5, 5.41) is 2.56. The molecule has 3 heteroatoms. The molecule has 8 aromatic rings. The number of hydrogen-bond acceptors (Lipinski definition) is 1. The topological polar surface area (TPSA) is 13.1 Å². The molecule has 0 amide bonds. The Bertz CT molecular complexity index is 2480. The fourth-order valence-corrected chi connectivity index (χ4v) is 8.41. The first-order valence-corrected chi connectivity index (χ1v) is 17.3. The molecule has 0 radical (unpaired) electrons. The molecule has 3 nitrogen and oxygen atoms in total. The lowest BCUT2D eigenvalue weighted by atomic mass is 9.86. The van der Waals surface area contributed by atoms with E-state index in [1.54, 1.807) is 0 Å². The van der Waals surface area contributed by atoms with Gasteiger partial charge in [-0.15, -0.1) is 0 Å². The third kappa shape index (κ3) is 4.50. The minimum Gasteiger partial charge on any atom is -0.334 e. The lowest BCUT2D eigenvalue weighted by molar-refractivity contribution is 0.573. The van der Waals surface area contributed by atoms with Gasteiger partial charge in [0.2, 0.25) is 0 Å². The van der Waals surface area contributed by atoms with Crippen LogP contribution in [0.2, 0.25) is 0 Å². The summed E-state index contributed by atoms with van der Waals surface area (Å²) in [5.74, 6) is 0.494. The number of rotatable bonds is 5. The third-order valence-corrected chi connectivity index (χ3v) is 10.6. The maximum Gasteiger partial charge on any atom is 0.0591 e. The Morgan fingerprint density at radius 1 is 0.510 bits per heavy atom. The number of nitrogens with zero attached hydrogens (tertiary/aromatic N) is 3. The van der Waals surface area contributed by atoms with Gasteiger partial charge in [-0.25, -0.2) is 0 Å². The van der Waals surface area contributed by atoms with E-state index in [2.05, 4.69) is 190 Å². The molecular formula is C46H35N3. The van der Waals surface area contributed by atoms with E-state index in [9.17, 15) is 0 Å². The van der Waals surface area contributed by atoms with Crippen molar-refractivity contribution in [1.29, 1.82) is 0 Å². The molecule has 1 aliphatic carbocycles. The van der Waals surface area contributed by atoms with Crippen LogP contribution in [0.25, 0.3) is 55.6 Å². The minimum absolute atomic E-state index is 0.364. The molecule has 0 saturated carbocycles. The fraction of sp³-hybridized carbons (Fsp3) is 0.0870. The average Bonchev–Trinajstić information content (AvgIpc) is 3.88. The van der Waals surface area contributed by atoms with Crippen LogP contribution in [0.3, 0.4) is 0 Å². The van der Waals surface area contributed by atoms with Crippen molar-refractivity contribution < 1.29 is 0 Å². The highest BCUT2D eigenvalue weighted by molar-refractivity contribution is 6.09. The van der Waals surface area contributed by atoms with Crippen molar-refractivity contribution in [2.75, 3.05) is 4.90 Å². The molecule has 2 aromatic heterocycles. The Morgan fingerprint density at radius 2 is 1.18 bits per heavy atom. The lowest BCUT2D eigenvalue weighted by Gasteiger charge is -2.30. The molecular weight excluding hydrogens is 595 g/mol. The highest BCUT2D eigenvalue weighted by atomic mass is 15.2. The third-order valence-electron chi connectivity index (χ3n) is 10.6. The first kappa shape index (κ1) is 28.0. The van der Waals surface area contributed by atoms with Crippen LogP contribution in [0, 0.1) is 0 Å². The van der Waals surface area contributed by atoms with Crippen LogP contribution >= 0.6 is 0 Å². The monoisotopic (exact) mass is 629 g/mol. The van der Waals surface area contributed by atoms with Crippen LogP contribution in [-0.4, -0.2) is 15.2 Å². The molecule has 1 aliphatic heterocycles. The molecule has 2 aliphatic rings. The smallest absolute Gasteiger partial charge is 0.0591 e. The second kappa shape index (κ2) is 11.3. The number of anilines is 2. The van der Waals surface area contributed by atoms with Gasteiger partial charge >= 0.3 is 0 Å². The van der Waals surface area contributed by atoms with Crippen molar-refractivity contribution >= 4 is 33.2 Å². The van der Waals surface area contributed by atoms with Crippen molar-refractivity contribution in [3.8, 4) is 33.8 Å². The Balaban J connectivity index is 1.03. The van der Waals surface area contributed by atoms with Crippen LogP contribution in [0.5, 0.6) is 0 Å². The minimum atomic E-state index is 0.364. The van der Waals surface area contributed by atoms with Gasteiger partial charge in [0.1, 0.15) is 0 Å². The molecule has 0 saturated heterocycles. The van der Waals surface area contributed by atoms with Gasteiger partial charge in [0.15, 0.2) is 0 Å². The average molecular weight is 630 g/mol. The quantitative estimate of drug-likeness (QED) is 0.173. The maximum absolute atomic E-state index is 2.54. The molecule has 2 unspecified atom stereocenters. The van der Waals surface area contributed by atoms with Crippen molar-refractivity contribution in [3.63, 3.8) is 0 Å². The molecule has 234 valence electrons. The van der Waals surface area contributed by atoms with Crippen LogP contribution in [0.4, 0.5) is 11.4 Å². The van der Waals surface area contributed by atoms with E-state index < -0.39 is 0 Å². The molecule has 0 bridgehead atoms. The van der Waals surface area contributed by atoms with Crippen molar-refractivity contribution in [3.05, 3.63) is 182 Å². The van der Waals surface area contributed by atoms with Gasteiger partial charge < -0.3 is 14.0 Å². The summed E-state index contributed by atoms with van der Waals surface area (Å²) >= 11 is 0. The Hall–Kier alpha value is -6.06. The van der Waals surface area contributed by atoms with Gasteiger partial charge in [-0.3, -0.25) is 0 Å². The van der Waals surface area contributed by atoms with E-state index in [0.717, 1.165) is 12.1 Å². The van der Waals surface area contributed by atoms with Gasteiger partial charge in [0.25, 0.3) is 0 Å². The molecule has 2 atom stereocenters. The number of fused-ring (bicyclic) bond motifs is 6. The van der Waals surface area contributed by atoms with Crippen molar-refractivity contribution in [2.45, 2.75) is 24.8 Å². The number of hydrogen-bond donors (Lipinski definition) is 0. The predicted molar refractivity (Wildman–Crippen MR) is 204 cm³/mol. The SMILES string of the molecule is C1=CC2C(CC1)c1cc(-c3cccn3-c3cccc(-c4cccc(-n5c6ccccc6c6ccccc65)c4)c3)ccc1N2c1ccccc1. The summed E-state index contributed by atoms with van der Waals surface area (Å²) in [4.78, 5) is 2.54. The van der Waals surface area contributed by atoms with E-state index in [0.29, 0.717) is 12.0 Å². The number of para-hydroxylation sites is 3. The summed E-state index contributed by atoms with van der Waals surface area (Å²) in [6, 6.07) is 58.0. The van der Waals surface area contributed by atoms with Crippen molar-refractivity contribution in [1.82, 2.24) is 9.13 Å². The summed E-state index contributed by atoms with van der Waals surface area (Å²) in [6.07, 6.45) is 9.29. The first-order chi connectivity index (χ1) is 24.3. The number of allylic oxidation sites excluding steroid dienone is 1. The number of benzene rings is 6. The first-order valence-electron chi connectivity index (χ1n) is 17.3. The summed E-state index contributed by atoms with van der Waals surface area (Å²) in [6.45, 7) is 0.